The summed E-state index contributed by atoms with van der Waals surface area (Å²) in [6.07, 6.45) is 0.170. The van der Waals surface area contributed by atoms with Crippen LogP contribution in [-0.4, -0.2) is 29.0 Å². The first-order chi connectivity index (χ1) is 5.06. The Hall–Kier alpha value is -0.120. The van der Waals surface area contributed by atoms with Gasteiger partial charge in [0.05, 0.1) is 12.2 Å². The molecule has 0 heterocycles. The minimum atomic E-state index is -0.552. The van der Waals surface area contributed by atoms with E-state index in [2.05, 4.69) is 0 Å². The van der Waals surface area contributed by atoms with Crippen molar-refractivity contribution in [3.05, 3.63) is 0 Å². The molecule has 0 aliphatic rings. The molecule has 0 aromatic rings. The summed E-state index contributed by atoms with van der Waals surface area (Å²) in [7, 11) is 0. The van der Waals surface area contributed by atoms with Gasteiger partial charge in [-0.2, -0.15) is 0 Å². The summed E-state index contributed by atoms with van der Waals surface area (Å²) in [6, 6.07) is 0. The standard InChI is InChI=1S/C8H19NO2/c1-6(2)3-7(10)4-8(11)5-9/h6-8,10-11H,3-5,9H2,1-2H3/t7-,8?/m1/s1. The summed E-state index contributed by atoms with van der Waals surface area (Å²) in [4.78, 5) is 0. The number of hydrogen-bond acceptors (Lipinski definition) is 3. The average Bonchev–Trinajstić information content (AvgIpc) is 1.85. The molecule has 0 saturated heterocycles. The Balaban J connectivity index is 3.43. The lowest BCUT2D eigenvalue weighted by Crippen LogP contribution is -2.26. The first kappa shape index (κ1) is 10.9. The Morgan fingerprint density at radius 1 is 1.09 bits per heavy atom. The molecule has 4 N–H and O–H groups in total. The van der Waals surface area contributed by atoms with Crippen LogP contribution in [0.1, 0.15) is 26.7 Å². The lowest BCUT2D eigenvalue weighted by Gasteiger charge is -2.15. The van der Waals surface area contributed by atoms with E-state index in [0.29, 0.717) is 12.3 Å². The van der Waals surface area contributed by atoms with Gasteiger partial charge >= 0.3 is 0 Å². The van der Waals surface area contributed by atoms with Gasteiger partial charge in [-0.1, -0.05) is 13.8 Å². The molecule has 0 fully saturated rings. The van der Waals surface area contributed by atoms with Gasteiger partial charge in [0, 0.05) is 13.0 Å². The minimum Gasteiger partial charge on any atom is -0.393 e. The Morgan fingerprint density at radius 2 is 1.64 bits per heavy atom. The van der Waals surface area contributed by atoms with Gasteiger partial charge in [-0.3, -0.25) is 0 Å². The highest BCUT2D eigenvalue weighted by Crippen LogP contribution is 2.08. The number of aliphatic hydroxyl groups excluding tert-OH is 2. The lowest BCUT2D eigenvalue weighted by molar-refractivity contribution is 0.0725. The molecule has 0 spiro atoms. The second-order valence-corrected chi connectivity index (χ2v) is 3.41. The zero-order valence-corrected chi connectivity index (χ0v) is 7.33. The van der Waals surface area contributed by atoms with Crippen molar-refractivity contribution in [1.82, 2.24) is 0 Å². The number of hydrogen-bond donors (Lipinski definition) is 3. The molecule has 0 bridgehead atoms. The van der Waals surface area contributed by atoms with Crippen molar-refractivity contribution in [3.8, 4) is 0 Å². The third kappa shape index (κ3) is 6.28. The van der Waals surface area contributed by atoms with E-state index in [1.165, 1.54) is 0 Å². The summed E-state index contributed by atoms with van der Waals surface area (Å²) in [6.45, 7) is 4.31. The van der Waals surface area contributed by atoms with Crippen LogP contribution in [0, 0.1) is 5.92 Å². The molecule has 11 heavy (non-hydrogen) atoms. The molecule has 0 saturated carbocycles. The fourth-order valence-electron chi connectivity index (χ4n) is 1.05. The molecular weight excluding hydrogens is 142 g/mol. The van der Waals surface area contributed by atoms with E-state index < -0.39 is 12.2 Å². The zero-order chi connectivity index (χ0) is 8.85. The van der Waals surface area contributed by atoms with E-state index in [9.17, 15) is 5.11 Å². The highest BCUT2D eigenvalue weighted by molar-refractivity contribution is 4.65. The quantitative estimate of drug-likeness (QED) is 0.536. The molecule has 0 rings (SSSR count). The highest BCUT2D eigenvalue weighted by Gasteiger charge is 2.11. The van der Waals surface area contributed by atoms with Gasteiger partial charge in [-0.05, 0) is 12.3 Å². The van der Waals surface area contributed by atoms with Crippen LogP contribution in [0.2, 0.25) is 0 Å². The summed E-state index contributed by atoms with van der Waals surface area (Å²) in [5.41, 5.74) is 5.19. The topological polar surface area (TPSA) is 66.5 Å². The van der Waals surface area contributed by atoms with Gasteiger partial charge in [0.25, 0.3) is 0 Å². The Morgan fingerprint density at radius 3 is 2.00 bits per heavy atom. The largest absolute Gasteiger partial charge is 0.393 e. The maximum Gasteiger partial charge on any atom is 0.0687 e. The predicted octanol–water partition coefficient (Wildman–Crippen LogP) is 0.103. The summed E-state index contributed by atoms with van der Waals surface area (Å²) < 4.78 is 0. The second-order valence-electron chi connectivity index (χ2n) is 3.41. The molecule has 0 radical (unpaired) electrons. The van der Waals surface area contributed by atoms with Crippen LogP contribution in [0.4, 0.5) is 0 Å². The first-order valence-corrected chi connectivity index (χ1v) is 4.12. The van der Waals surface area contributed by atoms with Crippen molar-refractivity contribution < 1.29 is 10.2 Å². The van der Waals surface area contributed by atoms with E-state index in [4.69, 9.17) is 10.8 Å². The first-order valence-electron chi connectivity index (χ1n) is 4.12. The van der Waals surface area contributed by atoms with Gasteiger partial charge in [0.2, 0.25) is 0 Å². The molecule has 0 aliphatic heterocycles. The van der Waals surface area contributed by atoms with Gasteiger partial charge < -0.3 is 15.9 Å². The van der Waals surface area contributed by atoms with Crippen molar-refractivity contribution in [2.45, 2.75) is 38.9 Å². The minimum absolute atomic E-state index is 0.231. The monoisotopic (exact) mass is 161 g/mol. The van der Waals surface area contributed by atoms with Crippen molar-refractivity contribution in [1.29, 1.82) is 0 Å². The molecule has 3 nitrogen and oxygen atoms in total. The van der Waals surface area contributed by atoms with E-state index in [1.54, 1.807) is 0 Å². The van der Waals surface area contributed by atoms with Gasteiger partial charge in [0.1, 0.15) is 0 Å². The van der Waals surface area contributed by atoms with Gasteiger partial charge in [-0.15, -0.1) is 0 Å². The molecule has 1 unspecified atom stereocenters. The summed E-state index contributed by atoms with van der Waals surface area (Å²) in [5, 5.41) is 18.4. The van der Waals surface area contributed by atoms with Crippen LogP contribution in [-0.2, 0) is 0 Å². The Bertz CT molecular complexity index is 96.1. The molecule has 0 aliphatic carbocycles. The van der Waals surface area contributed by atoms with Crippen molar-refractivity contribution in [2.75, 3.05) is 6.54 Å². The molecular formula is C8H19NO2. The Labute approximate surface area is 68.2 Å². The molecule has 0 aromatic heterocycles. The third-order valence-electron chi connectivity index (χ3n) is 1.56. The van der Waals surface area contributed by atoms with E-state index in [0.717, 1.165) is 6.42 Å². The van der Waals surface area contributed by atoms with E-state index in [1.807, 2.05) is 13.8 Å². The molecule has 68 valence electrons. The average molecular weight is 161 g/mol. The normalized spacial score (nSPS) is 16.9. The van der Waals surface area contributed by atoms with Crippen LogP contribution in [0.15, 0.2) is 0 Å². The second kappa shape index (κ2) is 5.52. The highest BCUT2D eigenvalue weighted by atomic mass is 16.3. The van der Waals surface area contributed by atoms with Crippen LogP contribution < -0.4 is 5.73 Å². The molecule has 2 atom stereocenters. The summed E-state index contributed by atoms with van der Waals surface area (Å²) in [5.74, 6) is 0.468. The van der Waals surface area contributed by atoms with Crippen molar-refractivity contribution in [3.63, 3.8) is 0 Å². The fourth-order valence-corrected chi connectivity index (χ4v) is 1.05. The van der Waals surface area contributed by atoms with E-state index >= 15 is 0 Å². The van der Waals surface area contributed by atoms with Crippen LogP contribution in [0.25, 0.3) is 0 Å². The van der Waals surface area contributed by atoms with Crippen LogP contribution in [0.5, 0.6) is 0 Å². The maximum atomic E-state index is 9.31. The van der Waals surface area contributed by atoms with Crippen LogP contribution in [0.3, 0.4) is 0 Å². The lowest BCUT2D eigenvalue weighted by atomic mass is 10.0. The third-order valence-corrected chi connectivity index (χ3v) is 1.56. The SMILES string of the molecule is CC(C)C[C@@H](O)CC(O)CN. The van der Waals surface area contributed by atoms with E-state index in [-0.39, 0.29) is 6.54 Å². The smallest absolute Gasteiger partial charge is 0.0687 e. The molecule has 0 aromatic carbocycles. The predicted molar refractivity (Wildman–Crippen MR) is 45.1 cm³/mol. The van der Waals surface area contributed by atoms with Crippen molar-refractivity contribution in [2.24, 2.45) is 11.7 Å². The van der Waals surface area contributed by atoms with Gasteiger partial charge in [-0.25, -0.2) is 0 Å². The number of aliphatic hydroxyl groups is 2. The summed E-state index contributed by atoms with van der Waals surface area (Å²) >= 11 is 0. The number of rotatable bonds is 5. The fraction of sp³-hybridized carbons (Fsp3) is 1.00. The van der Waals surface area contributed by atoms with Gasteiger partial charge in [0.15, 0.2) is 0 Å². The molecule has 0 amide bonds. The maximum absolute atomic E-state index is 9.31. The molecule has 3 heteroatoms. The van der Waals surface area contributed by atoms with Crippen LogP contribution >= 0.6 is 0 Å². The zero-order valence-electron chi connectivity index (χ0n) is 7.33. The van der Waals surface area contributed by atoms with Crippen molar-refractivity contribution >= 4 is 0 Å². The Kier molecular flexibility index (Phi) is 5.46. The number of nitrogens with two attached hydrogens (primary N) is 1.